The van der Waals surface area contributed by atoms with E-state index in [0.717, 1.165) is 6.54 Å². The first-order chi connectivity index (χ1) is 11.3. The van der Waals surface area contributed by atoms with Gasteiger partial charge in [-0.25, -0.2) is 0 Å². The molecule has 2 aromatic rings. The zero-order valence-corrected chi connectivity index (χ0v) is 14.1. The highest BCUT2D eigenvalue weighted by atomic mass is 15.3. The van der Waals surface area contributed by atoms with E-state index < -0.39 is 0 Å². The minimum absolute atomic E-state index is 1.15. The van der Waals surface area contributed by atoms with E-state index in [9.17, 15) is 0 Å². The summed E-state index contributed by atoms with van der Waals surface area (Å²) in [7, 11) is 0. The average molecular weight is 308 g/mol. The van der Waals surface area contributed by atoms with Crippen LogP contribution in [0, 0.1) is 6.92 Å². The molecule has 120 valence electrons. The molecule has 0 unspecified atom stereocenters. The predicted molar refractivity (Wildman–Crippen MR) is 96.6 cm³/mol. The van der Waals surface area contributed by atoms with Gasteiger partial charge in [0.05, 0.1) is 6.54 Å². The van der Waals surface area contributed by atoms with Crippen molar-refractivity contribution in [2.24, 2.45) is 0 Å². The fourth-order valence-electron chi connectivity index (χ4n) is 3.26. The number of rotatable bonds is 5. The fourth-order valence-corrected chi connectivity index (χ4v) is 3.26. The van der Waals surface area contributed by atoms with E-state index in [1.165, 1.54) is 49.4 Å². The lowest BCUT2D eigenvalue weighted by Crippen LogP contribution is -3.27. The third-order valence-electron chi connectivity index (χ3n) is 4.76. The second-order valence-electron chi connectivity index (χ2n) is 6.68. The van der Waals surface area contributed by atoms with E-state index in [4.69, 9.17) is 0 Å². The van der Waals surface area contributed by atoms with Crippen LogP contribution in [0.5, 0.6) is 0 Å². The van der Waals surface area contributed by atoms with Crippen molar-refractivity contribution in [1.82, 2.24) is 0 Å². The lowest BCUT2D eigenvalue weighted by Gasteiger charge is -2.29. The highest BCUT2D eigenvalue weighted by molar-refractivity contribution is 5.48. The van der Waals surface area contributed by atoms with Crippen LogP contribution in [0.4, 0.5) is 0 Å². The Kier molecular flexibility index (Phi) is 5.62. The van der Waals surface area contributed by atoms with Gasteiger partial charge in [-0.3, -0.25) is 0 Å². The molecule has 0 radical (unpaired) electrons. The van der Waals surface area contributed by atoms with E-state index in [-0.39, 0.29) is 0 Å². The lowest BCUT2D eigenvalue weighted by molar-refractivity contribution is -1.02. The molecule has 2 nitrogen and oxygen atoms in total. The van der Waals surface area contributed by atoms with Crippen LogP contribution in [0.3, 0.4) is 0 Å². The van der Waals surface area contributed by atoms with Gasteiger partial charge in [0.1, 0.15) is 32.7 Å². The minimum atomic E-state index is 1.15. The molecule has 0 aromatic heterocycles. The molecule has 0 bridgehead atoms. The zero-order chi connectivity index (χ0) is 15.9. The largest absolute Gasteiger partial charge is 0.322 e. The Labute approximate surface area is 140 Å². The summed E-state index contributed by atoms with van der Waals surface area (Å²) in [5, 5.41) is 0. The second kappa shape index (κ2) is 8.09. The number of benzene rings is 2. The summed E-state index contributed by atoms with van der Waals surface area (Å²) in [6.45, 7) is 9.59. The smallest absolute Gasteiger partial charge is 0.127 e. The molecule has 0 aliphatic carbocycles. The molecule has 0 saturated carbocycles. The normalized spacial score (nSPS) is 21.6. The first kappa shape index (κ1) is 16.0. The summed E-state index contributed by atoms with van der Waals surface area (Å²) >= 11 is 0. The van der Waals surface area contributed by atoms with Crippen LogP contribution in [0.2, 0.25) is 0 Å². The Morgan fingerprint density at radius 2 is 1.48 bits per heavy atom. The van der Waals surface area contributed by atoms with Gasteiger partial charge in [0, 0.05) is 5.56 Å². The van der Waals surface area contributed by atoms with Gasteiger partial charge in [-0.05, 0) is 18.6 Å². The van der Waals surface area contributed by atoms with Crippen LogP contribution in [-0.4, -0.2) is 32.7 Å². The SMILES string of the molecule is Cc1ccc(C[NH+]2CC[NH+](C/C=C/c3ccccc3)CC2)cc1. The number of aryl methyl sites for hydroxylation is 1. The molecule has 2 aromatic carbocycles. The number of hydrogen-bond donors (Lipinski definition) is 2. The molecule has 1 heterocycles. The molecule has 2 heteroatoms. The Balaban J connectivity index is 1.41. The molecule has 1 saturated heterocycles. The lowest BCUT2D eigenvalue weighted by atomic mass is 10.1. The molecule has 1 aliphatic rings. The van der Waals surface area contributed by atoms with Gasteiger partial charge in [-0.1, -0.05) is 66.2 Å². The summed E-state index contributed by atoms with van der Waals surface area (Å²) < 4.78 is 0. The maximum Gasteiger partial charge on any atom is 0.127 e. The van der Waals surface area contributed by atoms with Gasteiger partial charge in [0.2, 0.25) is 0 Å². The topological polar surface area (TPSA) is 8.88 Å². The third-order valence-corrected chi connectivity index (χ3v) is 4.76. The van der Waals surface area contributed by atoms with E-state index in [0.29, 0.717) is 0 Å². The Hall–Kier alpha value is -1.90. The zero-order valence-electron chi connectivity index (χ0n) is 14.1. The van der Waals surface area contributed by atoms with Gasteiger partial charge >= 0.3 is 0 Å². The van der Waals surface area contributed by atoms with Crippen molar-refractivity contribution >= 4 is 6.08 Å². The second-order valence-corrected chi connectivity index (χ2v) is 6.68. The molecule has 1 fully saturated rings. The summed E-state index contributed by atoms with van der Waals surface area (Å²) in [6.07, 6.45) is 4.58. The molecule has 23 heavy (non-hydrogen) atoms. The van der Waals surface area contributed by atoms with Gasteiger partial charge in [0.25, 0.3) is 0 Å². The summed E-state index contributed by atoms with van der Waals surface area (Å²) in [5.74, 6) is 0. The Morgan fingerprint density at radius 1 is 0.826 bits per heavy atom. The minimum Gasteiger partial charge on any atom is -0.322 e. The number of piperazine rings is 1. The standard InChI is InChI=1S/C21H26N2/c1-19-9-11-21(12-10-19)18-23-16-14-22(15-17-23)13-5-8-20-6-3-2-4-7-20/h2-12H,13-18H2,1H3/p+2/b8-5+. The fraction of sp³-hybridized carbons (Fsp3) is 0.333. The Bertz CT molecular complexity index is 608. The van der Waals surface area contributed by atoms with Crippen LogP contribution in [0.15, 0.2) is 60.7 Å². The first-order valence-corrected chi connectivity index (χ1v) is 8.74. The summed E-state index contributed by atoms with van der Waals surface area (Å²) in [5.41, 5.74) is 4.12. The van der Waals surface area contributed by atoms with Crippen LogP contribution in [-0.2, 0) is 6.54 Å². The van der Waals surface area contributed by atoms with Crippen molar-refractivity contribution in [1.29, 1.82) is 0 Å². The van der Waals surface area contributed by atoms with Gasteiger partial charge < -0.3 is 9.80 Å². The molecule has 2 N–H and O–H groups in total. The van der Waals surface area contributed by atoms with Crippen molar-refractivity contribution in [2.45, 2.75) is 13.5 Å². The van der Waals surface area contributed by atoms with Crippen LogP contribution in [0.25, 0.3) is 6.08 Å². The molecular weight excluding hydrogens is 280 g/mol. The monoisotopic (exact) mass is 308 g/mol. The molecule has 0 amide bonds. The number of quaternary nitrogens is 2. The van der Waals surface area contributed by atoms with Crippen molar-refractivity contribution < 1.29 is 9.80 Å². The van der Waals surface area contributed by atoms with E-state index in [1.807, 2.05) is 0 Å². The predicted octanol–water partition coefficient (Wildman–Crippen LogP) is 0.992. The molecule has 0 atom stereocenters. The number of hydrogen-bond acceptors (Lipinski definition) is 0. The van der Waals surface area contributed by atoms with E-state index >= 15 is 0 Å². The summed E-state index contributed by atoms with van der Waals surface area (Å²) in [6, 6.07) is 19.6. The third kappa shape index (κ3) is 5.05. The maximum absolute atomic E-state index is 2.33. The van der Waals surface area contributed by atoms with Crippen LogP contribution >= 0.6 is 0 Å². The number of nitrogens with one attached hydrogen (secondary N) is 2. The molecule has 3 rings (SSSR count). The van der Waals surface area contributed by atoms with Crippen LogP contribution < -0.4 is 9.80 Å². The van der Waals surface area contributed by atoms with Crippen molar-refractivity contribution in [2.75, 3.05) is 32.7 Å². The molecule has 1 aliphatic heterocycles. The molecular formula is C21H28N2+2. The molecule has 0 spiro atoms. The Morgan fingerprint density at radius 3 is 2.17 bits per heavy atom. The van der Waals surface area contributed by atoms with Gasteiger partial charge in [-0.2, -0.15) is 0 Å². The summed E-state index contributed by atoms with van der Waals surface area (Å²) in [4.78, 5) is 3.44. The maximum atomic E-state index is 2.33. The van der Waals surface area contributed by atoms with Crippen molar-refractivity contribution in [3.05, 3.63) is 77.4 Å². The van der Waals surface area contributed by atoms with Crippen molar-refractivity contribution in [3.8, 4) is 0 Å². The van der Waals surface area contributed by atoms with Gasteiger partial charge in [-0.15, -0.1) is 0 Å². The van der Waals surface area contributed by atoms with Crippen LogP contribution in [0.1, 0.15) is 16.7 Å². The average Bonchev–Trinajstić information content (AvgIpc) is 2.59. The highest BCUT2D eigenvalue weighted by Gasteiger charge is 2.21. The highest BCUT2D eigenvalue weighted by Crippen LogP contribution is 2.01. The van der Waals surface area contributed by atoms with E-state index in [2.05, 4.69) is 73.7 Å². The quantitative estimate of drug-likeness (QED) is 0.815. The van der Waals surface area contributed by atoms with Gasteiger partial charge in [0.15, 0.2) is 0 Å². The first-order valence-electron chi connectivity index (χ1n) is 8.74. The van der Waals surface area contributed by atoms with Crippen molar-refractivity contribution in [3.63, 3.8) is 0 Å². The van der Waals surface area contributed by atoms with E-state index in [1.54, 1.807) is 9.80 Å².